The predicted molar refractivity (Wildman–Crippen MR) is 123 cm³/mol. The molecule has 1 aliphatic rings. The Morgan fingerprint density at radius 1 is 1.13 bits per heavy atom. The lowest BCUT2D eigenvalue weighted by molar-refractivity contribution is 0.0696. The van der Waals surface area contributed by atoms with E-state index in [0.29, 0.717) is 29.5 Å². The minimum absolute atomic E-state index is 0.0444. The van der Waals surface area contributed by atoms with E-state index in [1.165, 1.54) is 25.6 Å². The quantitative estimate of drug-likeness (QED) is 0.417. The topological polar surface area (TPSA) is 108 Å². The Balaban J connectivity index is 1.52. The second-order valence-corrected chi connectivity index (χ2v) is 8.13. The lowest BCUT2D eigenvalue weighted by Crippen LogP contribution is -2.38. The number of carbonyl (C=O) groups excluding carboxylic acids is 1. The summed E-state index contributed by atoms with van der Waals surface area (Å²) in [5.74, 6) is 0.797. The average molecular weight is 417 g/mol. The van der Waals surface area contributed by atoms with E-state index in [1.807, 2.05) is 54.4 Å². The Morgan fingerprint density at radius 3 is 2.71 bits per heavy atom. The first-order chi connectivity index (χ1) is 15.0. The highest BCUT2D eigenvalue weighted by atomic mass is 16.2. The van der Waals surface area contributed by atoms with Crippen LogP contribution in [0.4, 0.5) is 5.82 Å². The fourth-order valence-electron chi connectivity index (χ4n) is 4.20. The minimum Gasteiger partial charge on any atom is -0.384 e. The first-order valence-corrected chi connectivity index (χ1v) is 10.7. The number of fused-ring (bicyclic) bond motifs is 1. The van der Waals surface area contributed by atoms with E-state index < -0.39 is 0 Å². The van der Waals surface area contributed by atoms with Crippen molar-refractivity contribution in [3.63, 3.8) is 0 Å². The van der Waals surface area contributed by atoms with E-state index in [1.54, 1.807) is 0 Å². The molecule has 0 radical (unpaired) electrons. The molecule has 1 aliphatic carbocycles. The lowest BCUT2D eigenvalue weighted by atomic mass is 9.94. The SMILES string of the molecule is CN(C(=O)c1ccc2c(NCc3cccc(C(=N)N)c3)ncnc2c1)C1CCCCC1. The molecular weight excluding hydrogens is 388 g/mol. The maximum Gasteiger partial charge on any atom is 0.253 e. The number of carbonyl (C=O) groups is 1. The predicted octanol–water partition coefficient (Wildman–Crippen LogP) is 3.93. The summed E-state index contributed by atoms with van der Waals surface area (Å²) in [5, 5.41) is 11.8. The van der Waals surface area contributed by atoms with Crippen molar-refractivity contribution in [3.8, 4) is 0 Å². The summed E-state index contributed by atoms with van der Waals surface area (Å²) in [7, 11) is 1.91. The highest BCUT2D eigenvalue weighted by Crippen LogP contribution is 2.25. The van der Waals surface area contributed by atoms with Crippen molar-refractivity contribution < 1.29 is 4.79 Å². The van der Waals surface area contributed by atoms with Gasteiger partial charge in [0.1, 0.15) is 18.0 Å². The molecule has 1 heterocycles. The van der Waals surface area contributed by atoms with Crippen LogP contribution in [0, 0.1) is 5.41 Å². The largest absolute Gasteiger partial charge is 0.384 e. The summed E-state index contributed by atoms with van der Waals surface area (Å²) in [6.07, 6.45) is 7.32. The Hall–Kier alpha value is -3.48. The van der Waals surface area contributed by atoms with E-state index in [9.17, 15) is 4.79 Å². The third kappa shape index (κ3) is 4.66. The van der Waals surface area contributed by atoms with Crippen molar-refractivity contribution in [1.82, 2.24) is 14.9 Å². The number of hydrogen-bond donors (Lipinski definition) is 3. The molecule has 1 amide bonds. The number of hydrogen-bond acceptors (Lipinski definition) is 5. The second kappa shape index (κ2) is 9.12. The first kappa shape index (κ1) is 20.8. The summed E-state index contributed by atoms with van der Waals surface area (Å²) in [6.45, 7) is 0.540. The molecule has 0 unspecified atom stereocenters. The number of nitrogens with one attached hydrogen (secondary N) is 2. The van der Waals surface area contributed by atoms with Crippen molar-refractivity contribution in [1.29, 1.82) is 5.41 Å². The van der Waals surface area contributed by atoms with E-state index in [4.69, 9.17) is 11.1 Å². The van der Waals surface area contributed by atoms with E-state index in [-0.39, 0.29) is 11.7 Å². The molecule has 7 heteroatoms. The zero-order valence-corrected chi connectivity index (χ0v) is 17.8. The molecule has 7 nitrogen and oxygen atoms in total. The van der Waals surface area contributed by atoms with Gasteiger partial charge in [-0.2, -0.15) is 0 Å². The van der Waals surface area contributed by atoms with Gasteiger partial charge in [0.25, 0.3) is 5.91 Å². The van der Waals surface area contributed by atoms with Crippen LogP contribution >= 0.6 is 0 Å². The number of benzene rings is 2. The second-order valence-electron chi connectivity index (χ2n) is 8.13. The van der Waals surface area contributed by atoms with Crippen LogP contribution in [-0.2, 0) is 6.54 Å². The zero-order valence-electron chi connectivity index (χ0n) is 17.8. The number of nitrogens with two attached hydrogens (primary N) is 1. The van der Waals surface area contributed by atoms with Crippen molar-refractivity contribution in [2.75, 3.05) is 12.4 Å². The van der Waals surface area contributed by atoms with Gasteiger partial charge in [-0.25, -0.2) is 9.97 Å². The van der Waals surface area contributed by atoms with E-state index in [2.05, 4.69) is 15.3 Å². The molecule has 2 aromatic carbocycles. The number of amidine groups is 1. The molecular formula is C24H28N6O. The Morgan fingerprint density at radius 2 is 1.94 bits per heavy atom. The zero-order chi connectivity index (χ0) is 21.8. The summed E-state index contributed by atoms with van der Waals surface area (Å²) >= 11 is 0. The number of anilines is 1. The van der Waals surface area contributed by atoms with Crippen LogP contribution in [0.2, 0.25) is 0 Å². The van der Waals surface area contributed by atoms with Crippen LogP contribution in [0.15, 0.2) is 48.8 Å². The van der Waals surface area contributed by atoms with Crippen molar-refractivity contribution in [3.05, 3.63) is 65.5 Å². The molecule has 160 valence electrons. The molecule has 4 N–H and O–H groups in total. The maximum absolute atomic E-state index is 13.0. The normalized spacial score (nSPS) is 14.4. The summed E-state index contributed by atoms with van der Waals surface area (Å²) in [4.78, 5) is 23.7. The van der Waals surface area contributed by atoms with Crippen molar-refractivity contribution >= 4 is 28.5 Å². The lowest BCUT2D eigenvalue weighted by Gasteiger charge is -2.31. The van der Waals surface area contributed by atoms with Crippen LogP contribution in [0.3, 0.4) is 0 Å². The number of nitrogens with zero attached hydrogens (tertiary/aromatic N) is 3. The molecule has 0 bridgehead atoms. The molecule has 31 heavy (non-hydrogen) atoms. The summed E-state index contributed by atoms with van der Waals surface area (Å²) < 4.78 is 0. The molecule has 1 aromatic heterocycles. The number of aromatic nitrogens is 2. The smallest absolute Gasteiger partial charge is 0.253 e. The van der Waals surface area contributed by atoms with Gasteiger partial charge in [-0.1, -0.05) is 37.5 Å². The van der Waals surface area contributed by atoms with Gasteiger partial charge in [0.05, 0.1) is 5.52 Å². The van der Waals surface area contributed by atoms with Crippen LogP contribution in [0.1, 0.15) is 53.6 Å². The van der Waals surface area contributed by atoms with Crippen LogP contribution in [-0.4, -0.2) is 39.7 Å². The monoisotopic (exact) mass is 416 g/mol. The van der Waals surface area contributed by atoms with Gasteiger partial charge in [0.15, 0.2) is 0 Å². The number of rotatable bonds is 6. The van der Waals surface area contributed by atoms with E-state index >= 15 is 0 Å². The third-order valence-electron chi connectivity index (χ3n) is 6.02. The fraction of sp³-hybridized carbons (Fsp3) is 0.333. The Labute approximate surface area is 182 Å². The highest BCUT2D eigenvalue weighted by Gasteiger charge is 2.23. The molecule has 4 rings (SSSR count). The Bertz CT molecular complexity index is 1110. The van der Waals surface area contributed by atoms with E-state index in [0.717, 1.165) is 29.3 Å². The molecule has 0 aliphatic heterocycles. The molecule has 3 aromatic rings. The molecule has 1 saturated carbocycles. The molecule has 0 saturated heterocycles. The van der Waals surface area contributed by atoms with Crippen LogP contribution in [0.25, 0.3) is 10.9 Å². The maximum atomic E-state index is 13.0. The van der Waals surface area contributed by atoms with Crippen molar-refractivity contribution in [2.45, 2.75) is 44.7 Å². The van der Waals surface area contributed by atoms with Crippen molar-refractivity contribution in [2.24, 2.45) is 5.73 Å². The number of nitrogen functional groups attached to an aromatic ring is 1. The molecule has 0 spiro atoms. The fourth-order valence-corrected chi connectivity index (χ4v) is 4.20. The first-order valence-electron chi connectivity index (χ1n) is 10.7. The summed E-state index contributed by atoms with van der Waals surface area (Å²) in [5.41, 5.74) is 8.66. The van der Waals surface area contributed by atoms with Gasteiger partial charge in [0, 0.05) is 36.1 Å². The summed E-state index contributed by atoms with van der Waals surface area (Å²) in [6, 6.07) is 13.5. The number of amides is 1. The van der Waals surface area contributed by atoms with Gasteiger partial charge < -0.3 is 16.0 Å². The van der Waals surface area contributed by atoms with Gasteiger partial charge >= 0.3 is 0 Å². The van der Waals surface area contributed by atoms with Crippen LogP contribution in [0.5, 0.6) is 0 Å². The highest BCUT2D eigenvalue weighted by molar-refractivity contribution is 5.99. The molecule has 1 fully saturated rings. The van der Waals surface area contributed by atoms with Gasteiger partial charge in [0.2, 0.25) is 0 Å². The van der Waals surface area contributed by atoms with Gasteiger partial charge in [-0.3, -0.25) is 10.2 Å². The molecule has 0 atom stereocenters. The average Bonchev–Trinajstić information content (AvgIpc) is 2.82. The third-order valence-corrected chi connectivity index (χ3v) is 6.02. The van der Waals surface area contributed by atoms with Gasteiger partial charge in [-0.05, 0) is 42.7 Å². The minimum atomic E-state index is 0.0444. The Kier molecular flexibility index (Phi) is 6.11. The van der Waals surface area contributed by atoms with Gasteiger partial charge in [-0.15, -0.1) is 0 Å². The van der Waals surface area contributed by atoms with Crippen LogP contribution < -0.4 is 11.1 Å². The standard InChI is InChI=1S/C24H28N6O/c1-30(19-8-3-2-4-9-19)24(31)18-10-11-20-21(13-18)28-15-29-23(20)27-14-16-6-5-7-17(12-16)22(25)26/h5-7,10-13,15,19H,2-4,8-9,14H2,1H3,(H3,25,26)(H,27,28,29).